The van der Waals surface area contributed by atoms with Crippen molar-refractivity contribution >= 4 is 28.7 Å². The number of anilines is 1. The van der Waals surface area contributed by atoms with Crippen LogP contribution in [0.25, 0.3) is 16.7 Å². The van der Waals surface area contributed by atoms with Gasteiger partial charge in [0.05, 0.1) is 18.1 Å². The number of nitrogens with one attached hydrogen (secondary N) is 2. The Kier molecular flexibility index (Phi) is 5.66. The fourth-order valence-electron chi connectivity index (χ4n) is 3.40. The van der Waals surface area contributed by atoms with Crippen molar-refractivity contribution in [3.8, 4) is 5.69 Å². The van der Waals surface area contributed by atoms with Crippen LogP contribution in [0.5, 0.6) is 0 Å². The highest BCUT2D eigenvalue weighted by molar-refractivity contribution is 5.97. The number of fused-ring (bicyclic) bond motifs is 1. The smallest absolute Gasteiger partial charge is 0.411 e. The van der Waals surface area contributed by atoms with E-state index in [0.29, 0.717) is 17.8 Å². The Morgan fingerprint density at radius 3 is 2.45 bits per heavy atom. The van der Waals surface area contributed by atoms with Crippen LogP contribution in [0.15, 0.2) is 72.8 Å². The van der Waals surface area contributed by atoms with Gasteiger partial charge in [-0.3, -0.25) is 14.7 Å². The summed E-state index contributed by atoms with van der Waals surface area (Å²) in [6.07, 6.45) is -0.526. The number of amides is 2. The van der Waals surface area contributed by atoms with Crippen molar-refractivity contribution in [3.05, 3.63) is 89.7 Å². The number of imidazole rings is 1. The van der Waals surface area contributed by atoms with Crippen molar-refractivity contribution in [1.29, 1.82) is 0 Å². The molecule has 0 saturated heterocycles. The van der Waals surface area contributed by atoms with Crippen molar-refractivity contribution in [2.75, 3.05) is 12.4 Å². The Balaban J connectivity index is 1.47. The highest BCUT2D eigenvalue weighted by Crippen LogP contribution is 2.22. The molecule has 0 spiro atoms. The first-order chi connectivity index (χ1) is 15.0. The molecule has 3 aromatic carbocycles. The molecule has 1 aromatic heterocycles. The molecule has 1 heterocycles. The molecule has 4 rings (SSSR count). The summed E-state index contributed by atoms with van der Waals surface area (Å²) < 4.78 is 6.63. The zero-order chi connectivity index (χ0) is 21.8. The van der Waals surface area contributed by atoms with Crippen LogP contribution >= 0.6 is 0 Å². The normalized spacial score (nSPS) is 10.6. The van der Waals surface area contributed by atoms with Gasteiger partial charge in [0, 0.05) is 23.5 Å². The second-order valence-corrected chi connectivity index (χ2v) is 7.03. The molecule has 7 heteroatoms. The summed E-state index contributed by atoms with van der Waals surface area (Å²) in [5, 5.41) is 5.51. The largest absolute Gasteiger partial charge is 0.453 e. The van der Waals surface area contributed by atoms with E-state index in [1.165, 1.54) is 7.11 Å². The minimum Gasteiger partial charge on any atom is -0.453 e. The Labute approximate surface area is 179 Å². The summed E-state index contributed by atoms with van der Waals surface area (Å²) in [7, 11) is 1.31. The monoisotopic (exact) mass is 414 g/mol. The first-order valence-electron chi connectivity index (χ1n) is 9.82. The van der Waals surface area contributed by atoms with Crippen molar-refractivity contribution in [2.24, 2.45) is 0 Å². The number of carbonyl (C=O) groups excluding carboxylic acids is 2. The van der Waals surface area contributed by atoms with E-state index >= 15 is 0 Å². The van der Waals surface area contributed by atoms with E-state index in [2.05, 4.69) is 24.9 Å². The molecule has 0 radical (unpaired) electrons. The zero-order valence-electron chi connectivity index (χ0n) is 17.3. The molecule has 0 bridgehead atoms. The molecule has 0 fully saturated rings. The second-order valence-electron chi connectivity index (χ2n) is 7.03. The fourth-order valence-corrected chi connectivity index (χ4v) is 3.40. The first kappa shape index (κ1) is 20.2. The topological polar surface area (TPSA) is 85.2 Å². The summed E-state index contributed by atoms with van der Waals surface area (Å²) in [6.45, 7) is 2.32. The third-order valence-corrected chi connectivity index (χ3v) is 4.94. The van der Waals surface area contributed by atoms with Crippen molar-refractivity contribution < 1.29 is 14.3 Å². The van der Waals surface area contributed by atoms with Gasteiger partial charge in [-0.05, 0) is 55.0 Å². The van der Waals surface area contributed by atoms with Crippen molar-refractivity contribution in [1.82, 2.24) is 14.9 Å². The van der Waals surface area contributed by atoms with Crippen LogP contribution in [0.2, 0.25) is 0 Å². The van der Waals surface area contributed by atoms with Gasteiger partial charge in [-0.1, -0.05) is 30.3 Å². The van der Waals surface area contributed by atoms with E-state index < -0.39 is 6.09 Å². The third kappa shape index (κ3) is 4.40. The lowest BCUT2D eigenvalue weighted by Gasteiger charge is -2.08. The van der Waals surface area contributed by atoms with Crippen molar-refractivity contribution in [2.45, 2.75) is 13.5 Å². The number of aromatic nitrogens is 2. The summed E-state index contributed by atoms with van der Waals surface area (Å²) in [5.41, 5.74) is 4.84. The molecule has 0 unspecified atom stereocenters. The maximum Gasteiger partial charge on any atom is 0.411 e. The Bertz CT molecular complexity index is 1230. The average Bonchev–Trinajstić information content (AvgIpc) is 3.13. The number of rotatable bonds is 5. The van der Waals surface area contributed by atoms with E-state index in [9.17, 15) is 9.59 Å². The molecule has 156 valence electrons. The van der Waals surface area contributed by atoms with Crippen LogP contribution in [0.1, 0.15) is 21.7 Å². The molecule has 31 heavy (non-hydrogen) atoms. The second kappa shape index (κ2) is 8.71. The van der Waals surface area contributed by atoms with E-state index in [-0.39, 0.29) is 5.91 Å². The number of methoxy groups -OCH3 is 1. The maximum atomic E-state index is 12.7. The highest BCUT2D eigenvalue weighted by Gasteiger charge is 2.12. The lowest BCUT2D eigenvalue weighted by molar-refractivity contribution is 0.0951. The highest BCUT2D eigenvalue weighted by atomic mass is 16.5. The number of nitrogens with zero attached hydrogens (tertiary/aromatic N) is 2. The van der Waals surface area contributed by atoms with Gasteiger partial charge < -0.3 is 10.1 Å². The number of benzene rings is 3. The molecule has 4 aromatic rings. The van der Waals surface area contributed by atoms with E-state index in [1.54, 1.807) is 18.2 Å². The van der Waals surface area contributed by atoms with Crippen LogP contribution in [0.4, 0.5) is 10.5 Å². The predicted octanol–water partition coefficient (Wildman–Crippen LogP) is 4.44. The summed E-state index contributed by atoms with van der Waals surface area (Å²) in [5.74, 6) is 0.685. The van der Waals surface area contributed by atoms with E-state index in [0.717, 1.165) is 28.1 Å². The molecule has 2 amide bonds. The Hall–Kier alpha value is -4.13. The number of hydrogen-bond acceptors (Lipinski definition) is 4. The van der Waals surface area contributed by atoms with Crippen LogP contribution in [-0.4, -0.2) is 28.7 Å². The third-order valence-electron chi connectivity index (χ3n) is 4.94. The van der Waals surface area contributed by atoms with Gasteiger partial charge in [-0.2, -0.15) is 0 Å². The summed E-state index contributed by atoms with van der Waals surface area (Å²) in [4.78, 5) is 28.5. The lowest BCUT2D eigenvalue weighted by atomic mass is 10.1. The molecule has 0 saturated carbocycles. The molecule has 7 nitrogen and oxygen atoms in total. The van der Waals surface area contributed by atoms with Gasteiger partial charge in [0.25, 0.3) is 5.91 Å². The molecule has 0 aliphatic heterocycles. The first-order valence-corrected chi connectivity index (χ1v) is 9.82. The minimum atomic E-state index is -0.526. The quantitative estimate of drug-likeness (QED) is 0.506. The Morgan fingerprint density at radius 2 is 1.74 bits per heavy atom. The van der Waals surface area contributed by atoms with Gasteiger partial charge in [-0.15, -0.1) is 0 Å². The number of hydrogen-bond donors (Lipinski definition) is 2. The molecule has 0 atom stereocenters. The summed E-state index contributed by atoms with van der Waals surface area (Å²) in [6, 6.07) is 22.7. The minimum absolute atomic E-state index is 0.175. The SMILES string of the molecule is COC(=O)Nc1ccc(CNC(=O)c2ccc3c(c2)nc(C)n3-c2ccccc2)cc1. The Morgan fingerprint density at radius 1 is 1.00 bits per heavy atom. The molecular weight excluding hydrogens is 392 g/mol. The molecule has 0 aliphatic rings. The van der Waals surface area contributed by atoms with Gasteiger partial charge in [0.15, 0.2) is 0 Å². The average molecular weight is 414 g/mol. The molecule has 2 N–H and O–H groups in total. The summed E-state index contributed by atoms with van der Waals surface area (Å²) >= 11 is 0. The zero-order valence-corrected chi connectivity index (χ0v) is 17.3. The van der Waals surface area contributed by atoms with E-state index in [1.807, 2.05) is 61.5 Å². The van der Waals surface area contributed by atoms with Gasteiger partial charge in [0.1, 0.15) is 5.82 Å². The fraction of sp³-hybridized carbons (Fsp3) is 0.125. The van der Waals surface area contributed by atoms with Gasteiger partial charge in [-0.25, -0.2) is 9.78 Å². The standard InChI is InChI=1S/C24H22N4O3/c1-16-26-21-14-18(10-13-22(21)28(16)20-6-4-3-5-7-20)23(29)25-15-17-8-11-19(12-9-17)27-24(30)31-2/h3-14H,15H2,1-2H3,(H,25,29)(H,27,30). The number of ether oxygens (including phenoxy) is 1. The number of carbonyl (C=O) groups is 2. The van der Waals surface area contributed by atoms with Crippen LogP contribution in [-0.2, 0) is 11.3 Å². The van der Waals surface area contributed by atoms with Crippen LogP contribution in [0.3, 0.4) is 0 Å². The van der Waals surface area contributed by atoms with Gasteiger partial charge in [0.2, 0.25) is 0 Å². The predicted molar refractivity (Wildman–Crippen MR) is 119 cm³/mol. The maximum absolute atomic E-state index is 12.7. The number of para-hydroxylation sites is 1. The van der Waals surface area contributed by atoms with Crippen LogP contribution < -0.4 is 10.6 Å². The van der Waals surface area contributed by atoms with Crippen molar-refractivity contribution in [3.63, 3.8) is 0 Å². The lowest BCUT2D eigenvalue weighted by Crippen LogP contribution is -2.22. The van der Waals surface area contributed by atoms with Crippen LogP contribution in [0, 0.1) is 6.92 Å². The van der Waals surface area contributed by atoms with Gasteiger partial charge >= 0.3 is 6.09 Å². The number of aryl methyl sites for hydroxylation is 1. The molecular formula is C24H22N4O3. The van der Waals surface area contributed by atoms with E-state index in [4.69, 9.17) is 0 Å². The molecule has 0 aliphatic carbocycles.